The van der Waals surface area contributed by atoms with Crippen LogP contribution in [-0.2, 0) is 9.53 Å². The lowest BCUT2D eigenvalue weighted by atomic mass is 10.1. The summed E-state index contributed by atoms with van der Waals surface area (Å²) in [6, 6.07) is 4.88. The molecule has 1 aromatic rings. The Hall–Kier alpha value is -1.55. The average molecular weight is 271 g/mol. The fourth-order valence-corrected chi connectivity index (χ4v) is 1.58. The molecule has 18 heavy (non-hydrogen) atoms. The van der Waals surface area contributed by atoms with Gasteiger partial charge < -0.3 is 9.47 Å². The minimum absolute atomic E-state index is 0.111. The molecule has 1 aromatic carbocycles. The molecule has 0 bridgehead atoms. The first-order valence-electron chi connectivity index (χ1n) is 5.54. The number of ether oxygens (including phenoxy) is 2. The molecule has 0 amide bonds. The van der Waals surface area contributed by atoms with E-state index >= 15 is 0 Å². The van der Waals surface area contributed by atoms with E-state index in [0.29, 0.717) is 35.8 Å². The van der Waals surface area contributed by atoms with Crippen molar-refractivity contribution >= 4 is 23.4 Å². The topological polar surface area (TPSA) is 52.6 Å². The smallest absolute Gasteiger partial charge is 0.305 e. The third-order valence-electron chi connectivity index (χ3n) is 2.33. The van der Waals surface area contributed by atoms with Gasteiger partial charge in [0.15, 0.2) is 5.78 Å². The maximum absolute atomic E-state index is 11.4. The number of hydrogen-bond donors (Lipinski definition) is 0. The predicted molar refractivity (Wildman–Crippen MR) is 68.2 cm³/mol. The quantitative estimate of drug-likeness (QED) is 0.453. The Morgan fingerprint density at radius 3 is 2.67 bits per heavy atom. The molecule has 0 radical (unpaired) electrons. The normalized spacial score (nSPS) is 9.94. The van der Waals surface area contributed by atoms with Crippen LogP contribution < -0.4 is 4.74 Å². The van der Waals surface area contributed by atoms with E-state index in [4.69, 9.17) is 16.3 Å². The molecule has 0 aliphatic heterocycles. The number of methoxy groups -OCH3 is 1. The van der Waals surface area contributed by atoms with Crippen LogP contribution in [-0.4, -0.2) is 25.5 Å². The number of esters is 1. The van der Waals surface area contributed by atoms with Gasteiger partial charge in [0.25, 0.3) is 0 Å². The van der Waals surface area contributed by atoms with Gasteiger partial charge in [0.05, 0.1) is 19.3 Å². The third kappa shape index (κ3) is 4.37. The number of halogens is 1. The van der Waals surface area contributed by atoms with E-state index in [9.17, 15) is 9.59 Å². The number of rotatable bonds is 6. The second kappa shape index (κ2) is 7.01. The van der Waals surface area contributed by atoms with Crippen molar-refractivity contribution in [1.82, 2.24) is 0 Å². The van der Waals surface area contributed by atoms with E-state index in [1.54, 1.807) is 18.2 Å². The molecule has 0 spiro atoms. The molecule has 0 aromatic heterocycles. The van der Waals surface area contributed by atoms with Crippen LogP contribution in [0, 0.1) is 0 Å². The highest BCUT2D eigenvalue weighted by Crippen LogP contribution is 2.23. The molecule has 0 aliphatic carbocycles. The molecule has 1 rings (SSSR count). The van der Waals surface area contributed by atoms with Crippen LogP contribution in [0.2, 0.25) is 5.02 Å². The first kappa shape index (κ1) is 14.5. The Balaban J connectivity index is 2.56. The van der Waals surface area contributed by atoms with Crippen LogP contribution >= 0.6 is 11.6 Å². The number of benzene rings is 1. The van der Waals surface area contributed by atoms with Crippen LogP contribution in [0.15, 0.2) is 18.2 Å². The van der Waals surface area contributed by atoms with Crippen molar-refractivity contribution in [1.29, 1.82) is 0 Å². The van der Waals surface area contributed by atoms with Gasteiger partial charge in [0, 0.05) is 11.4 Å². The summed E-state index contributed by atoms with van der Waals surface area (Å²) in [7, 11) is 1.34. The van der Waals surface area contributed by atoms with E-state index in [1.807, 2.05) is 0 Å². The van der Waals surface area contributed by atoms with Gasteiger partial charge in [-0.05, 0) is 31.5 Å². The number of carbonyl (C=O) groups excluding carboxylic acids is 2. The first-order chi connectivity index (χ1) is 8.54. The fourth-order valence-electron chi connectivity index (χ4n) is 1.40. The fraction of sp³-hybridized carbons (Fsp3) is 0.385. The van der Waals surface area contributed by atoms with Crippen LogP contribution in [0.3, 0.4) is 0 Å². The molecule has 0 aliphatic rings. The summed E-state index contributed by atoms with van der Waals surface area (Å²) in [5.41, 5.74) is 0.445. The second-order valence-electron chi connectivity index (χ2n) is 3.72. The van der Waals surface area contributed by atoms with Crippen molar-refractivity contribution in [3.05, 3.63) is 28.8 Å². The van der Waals surface area contributed by atoms with Crippen LogP contribution in [0.1, 0.15) is 30.1 Å². The predicted octanol–water partition coefficient (Wildman–Crippen LogP) is 2.87. The van der Waals surface area contributed by atoms with E-state index in [1.165, 1.54) is 14.0 Å². The molecule has 0 fully saturated rings. The molecule has 0 N–H and O–H groups in total. The summed E-state index contributed by atoms with van der Waals surface area (Å²) in [5, 5.41) is 0.488. The number of ketones is 1. The largest absolute Gasteiger partial charge is 0.493 e. The average Bonchev–Trinajstić information content (AvgIpc) is 2.35. The molecule has 0 heterocycles. The molecule has 0 unspecified atom stereocenters. The summed E-state index contributed by atoms with van der Waals surface area (Å²) in [4.78, 5) is 22.3. The SMILES string of the molecule is COC(=O)CCCOc1ccc(Cl)cc1C(C)=O. The highest BCUT2D eigenvalue weighted by atomic mass is 35.5. The van der Waals surface area contributed by atoms with E-state index in [2.05, 4.69) is 4.74 Å². The van der Waals surface area contributed by atoms with Gasteiger partial charge in [-0.15, -0.1) is 0 Å². The Labute approximate surface area is 111 Å². The standard InChI is InChI=1S/C13H15ClO4/c1-9(15)11-8-10(14)5-6-12(11)18-7-3-4-13(16)17-2/h5-6,8H,3-4,7H2,1-2H3. The molecule has 5 heteroatoms. The zero-order valence-corrected chi connectivity index (χ0v) is 11.1. The van der Waals surface area contributed by atoms with Gasteiger partial charge in [0.2, 0.25) is 0 Å². The van der Waals surface area contributed by atoms with Gasteiger partial charge in [-0.25, -0.2) is 0 Å². The van der Waals surface area contributed by atoms with Crippen LogP contribution in [0.4, 0.5) is 0 Å². The van der Waals surface area contributed by atoms with Crippen molar-refractivity contribution in [3.8, 4) is 5.75 Å². The Morgan fingerprint density at radius 2 is 2.06 bits per heavy atom. The lowest BCUT2D eigenvalue weighted by Gasteiger charge is -2.09. The van der Waals surface area contributed by atoms with Gasteiger partial charge in [0.1, 0.15) is 5.75 Å². The minimum atomic E-state index is -0.276. The number of Topliss-reactive ketones (excluding diaryl/α,β-unsaturated/α-hetero) is 1. The van der Waals surface area contributed by atoms with Crippen molar-refractivity contribution in [2.75, 3.05) is 13.7 Å². The maximum Gasteiger partial charge on any atom is 0.305 e. The molecular formula is C13H15ClO4. The summed E-state index contributed by atoms with van der Waals surface area (Å²) in [6.07, 6.45) is 0.826. The molecule has 0 saturated heterocycles. The Kier molecular flexibility index (Phi) is 5.65. The van der Waals surface area contributed by atoms with Crippen molar-refractivity contribution in [2.45, 2.75) is 19.8 Å². The van der Waals surface area contributed by atoms with Crippen molar-refractivity contribution < 1.29 is 19.1 Å². The van der Waals surface area contributed by atoms with Gasteiger partial charge >= 0.3 is 5.97 Å². The minimum Gasteiger partial charge on any atom is -0.493 e. The van der Waals surface area contributed by atoms with Crippen molar-refractivity contribution in [3.63, 3.8) is 0 Å². The van der Waals surface area contributed by atoms with Gasteiger partial charge in [-0.1, -0.05) is 11.6 Å². The maximum atomic E-state index is 11.4. The summed E-state index contributed by atoms with van der Waals surface area (Å²) in [5.74, 6) is 0.0960. The lowest BCUT2D eigenvalue weighted by Crippen LogP contribution is -2.06. The second-order valence-corrected chi connectivity index (χ2v) is 4.16. The lowest BCUT2D eigenvalue weighted by molar-refractivity contribution is -0.140. The number of carbonyl (C=O) groups is 2. The number of hydrogen-bond acceptors (Lipinski definition) is 4. The van der Waals surface area contributed by atoms with Gasteiger partial charge in [-0.3, -0.25) is 9.59 Å². The molecule has 98 valence electrons. The molecule has 4 nitrogen and oxygen atoms in total. The van der Waals surface area contributed by atoms with E-state index < -0.39 is 0 Å². The Morgan fingerprint density at radius 1 is 1.33 bits per heavy atom. The zero-order chi connectivity index (χ0) is 13.5. The first-order valence-corrected chi connectivity index (χ1v) is 5.92. The summed E-state index contributed by atoms with van der Waals surface area (Å²) >= 11 is 5.81. The highest BCUT2D eigenvalue weighted by molar-refractivity contribution is 6.31. The van der Waals surface area contributed by atoms with E-state index in [0.717, 1.165) is 0 Å². The van der Waals surface area contributed by atoms with E-state index in [-0.39, 0.29) is 11.8 Å². The third-order valence-corrected chi connectivity index (χ3v) is 2.57. The zero-order valence-electron chi connectivity index (χ0n) is 10.4. The Bertz CT molecular complexity index is 443. The molecule has 0 saturated carbocycles. The summed E-state index contributed by atoms with van der Waals surface area (Å²) in [6.45, 7) is 1.80. The highest BCUT2D eigenvalue weighted by Gasteiger charge is 2.09. The van der Waals surface area contributed by atoms with Crippen LogP contribution in [0.25, 0.3) is 0 Å². The summed E-state index contributed by atoms with van der Waals surface area (Å²) < 4.78 is 9.98. The monoisotopic (exact) mass is 270 g/mol. The molecular weight excluding hydrogens is 256 g/mol. The van der Waals surface area contributed by atoms with Gasteiger partial charge in [-0.2, -0.15) is 0 Å². The molecule has 0 atom stereocenters. The van der Waals surface area contributed by atoms with Crippen molar-refractivity contribution in [2.24, 2.45) is 0 Å². The van der Waals surface area contributed by atoms with Crippen LogP contribution in [0.5, 0.6) is 5.75 Å².